The third-order valence-electron chi connectivity index (χ3n) is 2.41. The Hall–Kier alpha value is -2.56. The average molecular weight is 243 g/mol. The van der Waals surface area contributed by atoms with Gasteiger partial charge in [0.25, 0.3) is 5.91 Å². The molecular weight excluding hydrogens is 230 g/mol. The molecule has 1 aromatic heterocycles. The van der Waals surface area contributed by atoms with Crippen LogP contribution in [0.3, 0.4) is 0 Å². The highest BCUT2D eigenvalue weighted by atomic mass is 16.5. The Morgan fingerprint density at radius 3 is 2.61 bits per heavy atom. The molecule has 0 spiro atoms. The van der Waals surface area contributed by atoms with Crippen molar-refractivity contribution in [2.75, 3.05) is 5.73 Å². The molecule has 0 atom stereocenters. The van der Waals surface area contributed by atoms with E-state index in [1.54, 1.807) is 24.5 Å². The van der Waals surface area contributed by atoms with Crippen molar-refractivity contribution in [3.63, 3.8) is 0 Å². The van der Waals surface area contributed by atoms with Crippen LogP contribution < -0.4 is 16.2 Å². The first-order valence-electron chi connectivity index (χ1n) is 5.38. The summed E-state index contributed by atoms with van der Waals surface area (Å²) < 4.78 is 5.56. The van der Waals surface area contributed by atoms with Crippen molar-refractivity contribution in [1.29, 1.82) is 0 Å². The summed E-state index contributed by atoms with van der Waals surface area (Å²) in [5.74, 6) is -0.138. The highest BCUT2D eigenvalue weighted by Crippen LogP contribution is 2.21. The first-order valence-corrected chi connectivity index (χ1v) is 5.38. The minimum Gasteiger partial charge on any atom is -0.488 e. The van der Waals surface area contributed by atoms with Gasteiger partial charge >= 0.3 is 0 Å². The van der Waals surface area contributed by atoms with Crippen LogP contribution in [0.2, 0.25) is 0 Å². The molecule has 2 aromatic rings. The largest absolute Gasteiger partial charge is 0.488 e. The van der Waals surface area contributed by atoms with E-state index in [9.17, 15) is 4.79 Å². The van der Waals surface area contributed by atoms with Gasteiger partial charge in [0, 0.05) is 18.1 Å². The molecule has 0 unspecified atom stereocenters. The smallest absolute Gasteiger partial charge is 0.252 e. The summed E-state index contributed by atoms with van der Waals surface area (Å²) in [4.78, 5) is 15.2. The number of nitrogens with two attached hydrogens (primary N) is 2. The highest BCUT2D eigenvalue weighted by Gasteiger charge is 2.09. The molecule has 4 N–H and O–H groups in total. The van der Waals surface area contributed by atoms with Crippen LogP contribution in [-0.4, -0.2) is 10.9 Å². The van der Waals surface area contributed by atoms with Gasteiger partial charge in [0.05, 0.1) is 5.56 Å². The molecule has 0 fully saturated rings. The van der Waals surface area contributed by atoms with E-state index in [-0.39, 0.29) is 5.56 Å². The second-order valence-corrected chi connectivity index (χ2v) is 3.76. The van der Waals surface area contributed by atoms with E-state index in [0.717, 1.165) is 5.56 Å². The van der Waals surface area contributed by atoms with Crippen molar-refractivity contribution in [1.82, 2.24) is 4.98 Å². The molecule has 0 bridgehead atoms. The van der Waals surface area contributed by atoms with Crippen molar-refractivity contribution in [3.05, 3.63) is 53.9 Å². The molecule has 0 saturated heterocycles. The Kier molecular flexibility index (Phi) is 3.43. The van der Waals surface area contributed by atoms with Gasteiger partial charge in [-0.05, 0) is 35.9 Å². The highest BCUT2D eigenvalue weighted by molar-refractivity contribution is 5.96. The number of benzene rings is 1. The maximum atomic E-state index is 11.3. The number of aromatic nitrogens is 1. The molecule has 2 rings (SSSR count). The molecule has 1 aromatic carbocycles. The third kappa shape index (κ3) is 2.76. The fourth-order valence-corrected chi connectivity index (χ4v) is 1.51. The standard InChI is InChI=1S/C13H13N3O2/c14-10-1-2-12(11(7-10)13(15)17)18-8-9-3-5-16-6-4-9/h1-7H,8,14H2,(H2,15,17). The fourth-order valence-electron chi connectivity index (χ4n) is 1.51. The predicted molar refractivity (Wildman–Crippen MR) is 67.9 cm³/mol. The van der Waals surface area contributed by atoms with Gasteiger partial charge in [-0.2, -0.15) is 0 Å². The Bertz CT molecular complexity index is 555. The summed E-state index contributed by atoms with van der Waals surface area (Å²) in [7, 11) is 0. The fraction of sp³-hybridized carbons (Fsp3) is 0.0769. The Morgan fingerprint density at radius 2 is 1.94 bits per heavy atom. The molecule has 0 aliphatic rings. The summed E-state index contributed by atoms with van der Waals surface area (Å²) in [6, 6.07) is 8.47. The van der Waals surface area contributed by atoms with Gasteiger partial charge in [-0.25, -0.2) is 0 Å². The number of amides is 1. The molecule has 0 aliphatic carbocycles. The normalized spacial score (nSPS) is 10.0. The van der Waals surface area contributed by atoms with Crippen molar-refractivity contribution in [2.24, 2.45) is 5.73 Å². The lowest BCUT2D eigenvalue weighted by atomic mass is 10.1. The van der Waals surface area contributed by atoms with Crippen LogP contribution in [0.25, 0.3) is 0 Å². The minimum absolute atomic E-state index is 0.282. The van der Waals surface area contributed by atoms with E-state index in [4.69, 9.17) is 16.2 Å². The Morgan fingerprint density at radius 1 is 1.22 bits per heavy atom. The number of anilines is 1. The summed E-state index contributed by atoms with van der Waals surface area (Å²) in [6.07, 6.45) is 3.35. The van der Waals surface area contributed by atoms with Gasteiger partial charge in [0.1, 0.15) is 12.4 Å². The lowest BCUT2D eigenvalue weighted by molar-refractivity contribution is 0.0996. The van der Waals surface area contributed by atoms with Crippen LogP contribution in [0, 0.1) is 0 Å². The molecule has 0 saturated carbocycles. The zero-order valence-electron chi connectivity index (χ0n) is 9.67. The van der Waals surface area contributed by atoms with E-state index >= 15 is 0 Å². The van der Waals surface area contributed by atoms with Crippen LogP contribution in [0.4, 0.5) is 5.69 Å². The quantitative estimate of drug-likeness (QED) is 0.793. The molecule has 92 valence electrons. The number of nitrogens with zero attached hydrogens (tertiary/aromatic N) is 1. The molecule has 18 heavy (non-hydrogen) atoms. The van der Waals surface area contributed by atoms with Crippen LogP contribution in [0.15, 0.2) is 42.7 Å². The number of carbonyl (C=O) groups is 1. The molecule has 0 aliphatic heterocycles. The number of ether oxygens (including phenoxy) is 1. The number of hydrogen-bond donors (Lipinski definition) is 2. The van der Waals surface area contributed by atoms with Crippen LogP contribution in [0.1, 0.15) is 15.9 Å². The molecule has 0 radical (unpaired) electrons. The van der Waals surface area contributed by atoms with E-state index < -0.39 is 5.91 Å². The zero-order valence-corrected chi connectivity index (χ0v) is 9.67. The van der Waals surface area contributed by atoms with Gasteiger partial charge < -0.3 is 16.2 Å². The number of nitrogen functional groups attached to an aromatic ring is 1. The van der Waals surface area contributed by atoms with Crippen LogP contribution >= 0.6 is 0 Å². The van der Waals surface area contributed by atoms with E-state index in [1.165, 1.54) is 6.07 Å². The maximum Gasteiger partial charge on any atom is 0.252 e. The Balaban J connectivity index is 2.17. The number of hydrogen-bond acceptors (Lipinski definition) is 4. The maximum absolute atomic E-state index is 11.3. The van der Waals surface area contributed by atoms with Crippen molar-refractivity contribution >= 4 is 11.6 Å². The first-order chi connectivity index (χ1) is 8.66. The summed E-state index contributed by atoms with van der Waals surface area (Å²) >= 11 is 0. The lowest BCUT2D eigenvalue weighted by Gasteiger charge is -2.10. The van der Waals surface area contributed by atoms with Crippen molar-refractivity contribution < 1.29 is 9.53 Å². The van der Waals surface area contributed by atoms with Crippen LogP contribution in [-0.2, 0) is 6.61 Å². The summed E-state index contributed by atoms with van der Waals surface area (Å²) in [5.41, 5.74) is 12.6. The van der Waals surface area contributed by atoms with Crippen LogP contribution in [0.5, 0.6) is 5.75 Å². The van der Waals surface area contributed by atoms with E-state index in [0.29, 0.717) is 18.0 Å². The summed E-state index contributed by atoms with van der Waals surface area (Å²) in [5, 5.41) is 0. The third-order valence-corrected chi connectivity index (χ3v) is 2.41. The molecular formula is C13H13N3O2. The SMILES string of the molecule is NC(=O)c1cc(N)ccc1OCc1ccncc1. The number of primary amides is 1. The molecule has 5 heteroatoms. The predicted octanol–water partition coefficient (Wildman–Crippen LogP) is 1.34. The first kappa shape index (κ1) is 11.9. The van der Waals surface area contributed by atoms with Gasteiger partial charge in [0.2, 0.25) is 0 Å². The topological polar surface area (TPSA) is 91.2 Å². The lowest BCUT2D eigenvalue weighted by Crippen LogP contribution is -2.13. The Labute approximate surface area is 104 Å². The molecule has 1 heterocycles. The zero-order chi connectivity index (χ0) is 13.0. The minimum atomic E-state index is -0.563. The molecule has 1 amide bonds. The van der Waals surface area contributed by atoms with E-state index in [1.807, 2.05) is 12.1 Å². The van der Waals surface area contributed by atoms with Gasteiger partial charge in [-0.15, -0.1) is 0 Å². The second-order valence-electron chi connectivity index (χ2n) is 3.76. The van der Waals surface area contributed by atoms with E-state index in [2.05, 4.69) is 4.98 Å². The van der Waals surface area contributed by atoms with Gasteiger partial charge in [-0.1, -0.05) is 0 Å². The second kappa shape index (κ2) is 5.18. The average Bonchev–Trinajstić information content (AvgIpc) is 2.38. The number of rotatable bonds is 4. The summed E-state index contributed by atoms with van der Waals surface area (Å²) in [6.45, 7) is 0.340. The number of carbonyl (C=O) groups excluding carboxylic acids is 1. The van der Waals surface area contributed by atoms with Crippen molar-refractivity contribution in [3.8, 4) is 5.75 Å². The number of pyridine rings is 1. The van der Waals surface area contributed by atoms with Crippen molar-refractivity contribution in [2.45, 2.75) is 6.61 Å². The van der Waals surface area contributed by atoms with Gasteiger partial charge in [-0.3, -0.25) is 9.78 Å². The monoisotopic (exact) mass is 243 g/mol. The molecule has 5 nitrogen and oxygen atoms in total. The van der Waals surface area contributed by atoms with Gasteiger partial charge in [0.15, 0.2) is 0 Å².